The van der Waals surface area contributed by atoms with E-state index in [-0.39, 0.29) is 5.56 Å². The summed E-state index contributed by atoms with van der Waals surface area (Å²) in [6, 6.07) is 0. The Balaban J connectivity index is 2.05. The van der Waals surface area contributed by atoms with E-state index in [1.165, 1.54) is 0 Å². The minimum atomic E-state index is -0.103. The van der Waals surface area contributed by atoms with Crippen LogP contribution in [0.25, 0.3) is 0 Å². The molecular weight excluding hydrogens is 270 g/mol. The zero-order valence-electron chi connectivity index (χ0n) is 13.4. The summed E-state index contributed by atoms with van der Waals surface area (Å²) in [5, 5.41) is 3.36. The topological polar surface area (TPSA) is 74.2 Å². The smallest absolute Gasteiger partial charge is 0.292 e. The number of morpholine rings is 1. The molecule has 0 unspecified atom stereocenters. The van der Waals surface area contributed by atoms with E-state index >= 15 is 0 Å². The summed E-state index contributed by atoms with van der Waals surface area (Å²) >= 11 is 0. The minimum Gasteiger partial charge on any atom is -0.391 e. The Hall–Kier alpha value is -1.47. The van der Waals surface area contributed by atoms with Gasteiger partial charge in [-0.1, -0.05) is 0 Å². The maximum Gasteiger partial charge on any atom is 0.292 e. The van der Waals surface area contributed by atoms with E-state index in [9.17, 15) is 4.79 Å². The van der Waals surface area contributed by atoms with Crippen molar-refractivity contribution in [2.75, 3.05) is 57.5 Å². The van der Waals surface area contributed by atoms with Gasteiger partial charge < -0.3 is 20.3 Å². The Morgan fingerprint density at radius 2 is 1.86 bits per heavy atom. The Morgan fingerprint density at radius 3 is 2.43 bits per heavy atom. The number of nitrogen functional groups attached to an aromatic ring is 1. The summed E-state index contributed by atoms with van der Waals surface area (Å²) < 4.78 is 10.0. The van der Waals surface area contributed by atoms with Crippen molar-refractivity contribution in [1.29, 1.82) is 0 Å². The Labute approximate surface area is 125 Å². The number of nitrogens with zero attached hydrogens (tertiary/aromatic N) is 3. The van der Waals surface area contributed by atoms with Gasteiger partial charge in [0.2, 0.25) is 0 Å². The van der Waals surface area contributed by atoms with Gasteiger partial charge in [-0.05, 0) is 13.8 Å². The van der Waals surface area contributed by atoms with Crippen LogP contribution in [0.3, 0.4) is 0 Å². The Kier molecular flexibility index (Phi) is 4.95. The van der Waals surface area contributed by atoms with Crippen molar-refractivity contribution in [3.63, 3.8) is 0 Å². The average molecular weight is 298 g/mol. The van der Waals surface area contributed by atoms with Crippen molar-refractivity contribution in [2.45, 2.75) is 26.9 Å². The van der Waals surface area contributed by atoms with E-state index in [4.69, 9.17) is 10.5 Å². The van der Waals surface area contributed by atoms with Crippen LogP contribution in [-0.2, 0) is 17.8 Å². The van der Waals surface area contributed by atoms with Crippen molar-refractivity contribution in [1.82, 2.24) is 9.36 Å². The first kappa shape index (κ1) is 15.9. The van der Waals surface area contributed by atoms with Gasteiger partial charge in [-0.25, -0.2) is 4.68 Å². The van der Waals surface area contributed by atoms with Gasteiger partial charge in [0.05, 0.1) is 33.4 Å². The van der Waals surface area contributed by atoms with Crippen LogP contribution in [0.15, 0.2) is 4.79 Å². The molecule has 1 fully saturated rings. The molecule has 7 nitrogen and oxygen atoms in total. The molecule has 2 rings (SSSR count). The zero-order chi connectivity index (χ0) is 15.5. The van der Waals surface area contributed by atoms with Crippen LogP contribution in [0, 0.1) is 0 Å². The van der Waals surface area contributed by atoms with E-state index < -0.39 is 0 Å². The summed E-state index contributed by atoms with van der Waals surface area (Å²) in [5.74, 6) is 0.754. The van der Waals surface area contributed by atoms with Crippen LogP contribution >= 0.6 is 0 Å². The lowest BCUT2D eigenvalue weighted by Crippen LogP contribution is -2.53. The van der Waals surface area contributed by atoms with Crippen LogP contribution < -0.4 is 16.6 Å². The highest BCUT2D eigenvalue weighted by Gasteiger charge is 2.25. The molecule has 0 amide bonds. The van der Waals surface area contributed by atoms with Gasteiger partial charge in [0.15, 0.2) is 5.82 Å². The second-order valence-electron chi connectivity index (χ2n) is 5.83. The Bertz CT molecular complexity index is 528. The fourth-order valence-corrected chi connectivity index (χ4v) is 2.89. The zero-order valence-corrected chi connectivity index (χ0v) is 13.4. The molecule has 7 heteroatoms. The molecule has 0 aromatic carbocycles. The lowest BCUT2D eigenvalue weighted by atomic mass is 10.3. The van der Waals surface area contributed by atoms with E-state index in [0.717, 1.165) is 56.2 Å². The molecule has 0 spiro atoms. The maximum atomic E-state index is 12.1. The van der Waals surface area contributed by atoms with Crippen molar-refractivity contribution in [3.05, 3.63) is 10.4 Å². The molecule has 0 aliphatic carbocycles. The van der Waals surface area contributed by atoms with E-state index in [0.29, 0.717) is 12.2 Å². The molecule has 0 atom stereocenters. The summed E-state index contributed by atoms with van der Waals surface area (Å²) in [7, 11) is 2.25. The molecule has 3 N–H and O–H groups in total. The summed E-state index contributed by atoms with van der Waals surface area (Å²) in [5.41, 5.74) is 6.19. The summed E-state index contributed by atoms with van der Waals surface area (Å²) in [6.45, 7) is 10.8. The van der Waals surface area contributed by atoms with E-state index in [1.807, 2.05) is 18.5 Å². The number of nitrogens with two attached hydrogens (primary N) is 1. The minimum absolute atomic E-state index is 0.103. The van der Waals surface area contributed by atoms with E-state index in [2.05, 4.69) is 12.4 Å². The monoisotopic (exact) mass is 298 g/mol. The first-order valence-corrected chi connectivity index (χ1v) is 7.76. The number of anilines is 2. The first-order chi connectivity index (χ1) is 10.0. The molecule has 0 bridgehead atoms. The van der Waals surface area contributed by atoms with Gasteiger partial charge in [-0.2, -0.15) is 0 Å². The van der Waals surface area contributed by atoms with Crippen LogP contribution in [0.2, 0.25) is 0 Å². The molecule has 21 heavy (non-hydrogen) atoms. The van der Waals surface area contributed by atoms with Gasteiger partial charge in [0.1, 0.15) is 18.8 Å². The Morgan fingerprint density at radius 1 is 1.24 bits per heavy atom. The largest absolute Gasteiger partial charge is 0.391 e. The van der Waals surface area contributed by atoms with Crippen molar-refractivity contribution in [2.24, 2.45) is 0 Å². The van der Waals surface area contributed by atoms with Gasteiger partial charge in [0.25, 0.3) is 5.56 Å². The van der Waals surface area contributed by atoms with Crippen LogP contribution in [0.1, 0.15) is 13.8 Å². The molecule has 1 saturated heterocycles. The molecule has 1 aliphatic heterocycles. The van der Waals surface area contributed by atoms with E-state index in [1.54, 1.807) is 4.68 Å². The molecule has 0 saturated carbocycles. The standard InChI is InChI=1S/C14H27N5O2/c1-4-17-13(12(15)14(20)18(17)5-2)16-6-7-19(3)8-10-21-11-9-19/h4-11,15H2,1-3H3/p+1. The molecule has 1 aromatic rings. The predicted molar refractivity (Wildman–Crippen MR) is 84.5 cm³/mol. The maximum absolute atomic E-state index is 12.1. The number of nitrogens with one attached hydrogen (secondary N) is 1. The van der Waals surface area contributed by atoms with Crippen LogP contribution in [0.4, 0.5) is 11.5 Å². The predicted octanol–water partition coefficient (Wildman–Crippen LogP) is 0.161. The fourth-order valence-electron chi connectivity index (χ4n) is 2.89. The number of likely N-dealkylation sites (N-methyl/N-ethyl adjacent to an activating group) is 1. The second-order valence-corrected chi connectivity index (χ2v) is 5.83. The van der Waals surface area contributed by atoms with Crippen LogP contribution in [0.5, 0.6) is 0 Å². The lowest BCUT2D eigenvalue weighted by molar-refractivity contribution is -0.915. The number of hydrogen-bond acceptors (Lipinski definition) is 4. The van der Waals surface area contributed by atoms with Crippen LogP contribution in [-0.4, -0.2) is 60.3 Å². The molecule has 2 heterocycles. The number of rotatable bonds is 6. The summed E-state index contributed by atoms with van der Waals surface area (Å²) in [6.07, 6.45) is 0. The van der Waals surface area contributed by atoms with Gasteiger partial charge in [-0.3, -0.25) is 9.48 Å². The number of quaternary nitrogens is 1. The van der Waals surface area contributed by atoms with Gasteiger partial charge >= 0.3 is 0 Å². The van der Waals surface area contributed by atoms with Gasteiger partial charge in [-0.15, -0.1) is 0 Å². The molecule has 1 aromatic heterocycles. The molecule has 120 valence electrons. The normalized spacial score (nSPS) is 17.9. The lowest BCUT2D eigenvalue weighted by Gasteiger charge is -2.37. The fraction of sp³-hybridized carbons (Fsp3) is 0.786. The molecular formula is C14H28N5O2+. The highest BCUT2D eigenvalue weighted by molar-refractivity contribution is 5.60. The SMILES string of the molecule is CCn1c(NCC[N+]2(C)CCOCC2)c(N)c(=O)n1CC. The highest BCUT2D eigenvalue weighted by Crippen LogP contribution is 2.16. The number of aromatic nitrogens is 2. The number of hydrogen-bond donors (Lipinski definition) is 2. The third-order valence-corrected chi connectivity index (χ3v) is 4.36. The van der Waals surface area contributed by atoms with Crippen molar-refractivity contribution in [3.8, 4) is 0 Å². The summed E-state index contributed by atoms with van der Waals surface area (Å²) in [4.78, 5) is 12.1. The quantitative estimate of drug-likeness (QED) is 0.734. The van der Waals surface area contributed by atoms with Gasteiger partial charge in [0, 0.05) is 13.1 Å². The van der Waals surface area contributed by atoms with Crippen molar-refractivity contribution >= 4 is 11.5 Å². The molecule has 0 radical (unpaired) electrons. The third kappa shape index (κ3) is 3.24. The molecule has 1 aliphatic rings. The first-order valence-electron chi connectivity index (χ1n) is 7.76. The third-order valence-electron chi connectivity index (χ3n) is 4.36. The number of ether oxygens (including phenoxy) is 1. The average Bonchev–Trinajstić information content (AvgIpc) is 2.71. The van der Waals surface area contributed by atoms with Crippen molar-refractivity contribution < 1.29 is 9.22 Å². The second kappa shape index (κ2) is 6.53. The highest BCUT2D eigenvalue weighted by atomic mass is 16.5.